The number of amides is 1. The Kier molecular flexibility index (Phi) is 5.29. The van der Waals surface area contributed by atoms with Crippen molar-refractivity contribution in [3.05, 3.63) is 77.4 Å². The van der Waals surface area contributed by atoms with Gasteiger partial charge < -0.3 is 10.4 Å². The molecule has 0 saturated carbocycles. The summed E-state index contributed by atoms with van der Waals surface area (Å²) in [7, 11) is 0. The highest BCUT2D eigenvalue weighted by molar-refractivity contribution is 5.92. The number of benzene rings is 2. The highest BCUT2D eigenvalue weighted by Crippen LogP contribution is 2.12. The average Bonchev–Trinajstić information content (AvgIpc) is 2.52. The lowest BCUT2D eigenvalue weighted by atomic mass is 10.1. The highest BCUT2D eigenvalue weighted by atomic mass is 16.3. The van der Waals surface area contributed by atoms with E-state index in [9.17, 15) is 9.90 Å². The van der Waals surface area contributed by atoms with Gasteiger partial charge >= 0.3 is 0 Å². The molecule has 2 aromatic carbocycles. The third-order valence-electron chi connectivity index (χ3n) is 3.30. The number of aliphatic hydroxyl groups excluding tert-OH is 1. The molecule has 0 bridgehead atoms. The number of aliphatic hydroxyl groups is 1. The second-order valence-corrected chi connectivity index (χ2v) is 4.84. The first-order valence-electron chi connectivity index (χ1n) is 6.90. The van der Waals surface area contributed by atoms with E-state index in [2.05, 4.69) is 5.32 Å². The van der Waals surface area contributed by atoms with Crippen LogP contribution in [0.25, 0.3) is 6.08 Å². The van der Waals surface area contributed by atoms with E-state index in [0.717, 1.165) is 16.7 Å². The molecule has 0 heterocycles. The molecule has 1 amide bonds. The zero-order valence-corrected chi connectivity index (χ0v) is 12.0. The molecule has 3 nitrogen and oxygen atoms in total. The van der Waals surface area contributed by atoms with Crippen LogP contribution in [0, 0.1) is 6.92 Å². The van der Waals surface area contributed by atoms with E-state index < -0.39 is 0 Å². The molecule has 0 saturated heterocycles. The van der Waals surface area contributed by atoms with Crippen LogP contribution >= 0.6 is 0 Å². The summed E-state index contributed by atoms with van der Waals surface area (Å²) < 4.78 is 0. The number of nitrogens with one attached hydrogen (secondary N) is 1. The fourth-order valence-corrected chi connectivity index (χ4v) is 2.08. The minimum absolute atomic E-state index is 0.131. The van der Waals surface area contributed by atoms with Gasteiger partial charge in [-0.25, -0.2) is 0 Å². The lowest BCUT2D eigenvalue weighted by Crippen LogP contribution is -2.29. The first-order chi connectivity index (χ1) is 10.2. The number of carbonyl (C=O) groups is 1. The third-order valence-corrected chi connectivity index (χ3v) is 3.30. The van der Waals surface area contributed by atoms with Gasteiger partial charge in [0.05, 0.1) is 12.6 Å². The molecule has 2 aromatic rings. The Morgan fingerprint density at radius 3 is 2.48 bits per heavy atom. The Bertz CT molecular complexity index is 620. The first kappa shape index (κ1) is 15.0. The van der Waals surface area contributed by atoms with Gasteiger partial charge in [-0.15, -0.1) is 0 Å². The maximum Gasteiger partial charge on any atom is 0.244 e. The summed E-state index contributed by atoms with van der Waals surface area (Å²) in [6.07, 6.45) is 3.28. The first-order valence-corrected chi connectivity index (χ1v) is 6.90. The van der Waals surface area contributed by atoms with E-state index >= 15 is 0 Å². The topological polar surface area (TPSA) is 49.3 Å². The van der Waals surface area contributed by atoms with E-state index in [-0.39, 0.29) is 18.6 Å². The van der Waals surface area contributed by atoms with Crippen molar-refractivity contribution in [3.63, 3.8) is 0 Å². The normalized spacial score (nSPS) is 12.3. The molecule has 0 radical (unpaired) electrons. The molecule has 2 N–H and O–H groups in total. The van der Waals surface area contributed by atoms with Gasteiger partial charge in [-0.05, 0) is 29.7 Å². The Hall–Kier alpha value is -2.39. The van der Waals surface area contributed by atoms with Crippen LogP contribution in [0.2, 0.25) is 0 Å². The van der Waals surface area contributed by atoms with E-state index in [1.54, 1.807) is 6.08 Å². The Morgan fingerprint density at radius 1 is 1.14 bits per heavy atom. The predicted molar refractivity (Wildman–Crippen MR) is 84.6 cm³/mol. The maximum absolute atomic E-state index is 12.0. The summed E-state index contributed by atoms with van der Waals surface area (Å²) >= 11 is 0. The van der Waals surface area contributed by atoms with Gasteiger partial charge in [-0.1, -0.05) is 54.6 Å². The molecule has 1 unspecified atom stereocenters. The number of aryl methyl sites for hydroxylation is 1. The molecule has 2 rings (SSSR count). The van der Waals surface area contributed by atoms with Crippen LogP contribution in [-0.2, 0) is 4.79 Å². The third kappa shape index (κ3) is 4.29. The average molecular weight is 281 g/mol. The van der Waals surface area contributed by atoms with Crippen LogP contribution in [0.15, 0.2) is 60.7 Å². The van der Waals surface area contributed by atoms with Crippen molar-refractivity contribution >= 4 is 12.0 Å². The quantitative estimate of drug-likeness (QED) is 0.828. The monoisotopic (exact) mass is 281 g/mol. The summed E-state index contributed by atoms with van der Waals surface area (Å²) in [5, 5.41) is 12.2. The van der Waals surface area contributed by atoms with Gasteiger partial charge in [0.25, 0.3) is 0 Å². The van der Waals surface area contributed by atoms with Crippen LogP contribution in [0.1, 0.15) is 22.7 Å². The van der Waals surface area contributed by atoms with Gasteiger partial charge in [-0.2, -0.15) is 0 Å². The minimum Gasteiger partial charge on any atom is -0.394 e. The van der Waals surface area contributed by atoms with Crippen LogP contribution in [0.5, 0.6) is 0 Å². The van der Waals surface area contributed by atoms with E-state index in [4.69, 9.17) is 0 Å². The van der Waals surface area contributed by atoms with Crippen LogP contribution in [0.4, 0.5) is 0 Å². The van der Waals surface area contributed by atoms with E-state index in [1.807, 2.05) is 61.5 Å². The predicted octanol–water partition coefficient (Wildman–Crippen LogP) is 2.86. The van der Waals surface area contributed by atoms with Crippen LogP contribution < -0.4 is 5.32 Å². The van der Waals surface area contributed by atoms with Crippen molar-refractivity contribution in [1.82, 2.24) is 5.32 Å². The molecule has 21 heavy (non-hydrogen) atoms. The van der Waals surface area contributed by atoms with Crippen LogP contribution in [-0.4, -0.2) is 17.6 Å². The molecule has 1 atom stereocenters. The van der Waals surface area contributed by atoms with Crippen molar-refractivity contribution < 1.29 is 9.90 Å². The standard InChI is InChI=1S/C18H19NO2/c1-14-7-5-6-8-15(14)11-12-18(21)19-17(13-20)16-9-3-2-4-10-16/h2-12,17,20H,13H2,1H3,(H,19,21). The number of hydrogen-bond acceptors (Lipinski definition) is 2. The van der Waals surface area contributed by atoms with Gasteiger partial charge in [0, 0.05) is 6.08 Å². The largest absolute Gasteiger partial charge is 0.394 e. The number of rotatable bonds is 5. The second-order valence-electron chi connectivity index (χ2n) is 4.84. The van der Waals surface area contributed by atoms with Crippen molar-refractivity contribution in [1.29, 1.82) is 0 Å². The molecule has 108 valence electrons. The molecular weight excluding hydrogens is 262 g/mol. The fraction of sp³-hybridized carbons (Fsp3) is 0.167. The molecule has 0 spiro atoms. The molecule has 0 aliphatic heterocycles. The molecule has 3 heteroatoms. The van der Waals surface area contributed by atoms with Gasteiger partial charge in [0.1, 0.15) is 0 Å². The molecular formula is C18H19NO2. The SMILES string of the molecule is Cc1ccccc1C=CC(=O)NC(CO)c1ccccc1. The van der Waals surface area contributed by atoms with Gasteiger partial charge in [0.2, 0.25) is 5.91 Å². The van der Waals surface area contributed by atoms with Crippen LogP contribution in [0.3, 0.4) is 0 Å². The molecule has 0 aliphatic rings. The smallest absolute Gasteiger partial charge is 0.244 e. The van der Waals surface area contributed by atoms with E-state index in [0.29, 0.717) is 0 Å². The zero-order valence-electron chi connectivity index (χ0n) is 12.0. The Balaban J connectivity index is 2.02. The van der Waals surface area contributed by atoms with Crippen molar-refractivity contribution in [2.24, 2.45) is 0 Å². The summed E-state index contributed by atoms with van der Waals surface area (Å²) in [5.41, 5.74) is 3.01. The van der Waals surface area contributed by atoms with Crippen molar-refractivity contribution in [3.8, 4) is 0 Å². The maximum atomic E-state index is 12.0. The molecule has 0 aliphatic carbocycles. The summed E-state index contributed by atoms with van der Waals surface area (Å²) in [4.78, 5) is 12.0. The Morgan fingerprint density at radius 2 is 1.81 bits per heavy atom. The lowest BCUT2D eigenvalue weighted by Gasteiger charge is -2.15. The summed E-state index contributed by atoms with van der Waals surface area (Å²) in [5.74, 6) is -0.221. The lowest BCUT2D eigenvalue weighted by molar-refractivity contribution is -0.117. The number of carbonyl (C=O) groups excluding carboxylic acids is 1. The second kappa shape index (κ2) is 7.41. The van der Waals surface area contributed by atoms with Gasteiger partial charge in [0.15, 0.2) is 0 Å². The summed E-state index contributed by atoms with van der Waals surface area (Å²) in [6.45, 7) is 1.87. The highest BCUT2D eigenvalue weighted by Gasteiger charge is 2.11. The van der Waals surface area contributed by atoms with E-state index in [1.165, 1.54) is 6.08 Å². The minimum atomic E-state index is -0.389. The molecule has 0 aromatic heterocycles. The molecule has 0 fully saturated rings. The van der Waals surface area contributed by atoms with Crippen molar-refractivity contribution in [2.75, 3.05) is 6.61 Å². The Labute approximate surface area is 124 Å². The van der Waals surface area contributed by atoms with Gasteiger partial charge in [-0.3, -0.25) is 4.79 Å². The summed E-state index contributed by atoms with van der Waals surface area (Å²) in [6, 6.07) is 16.9. The van der Waals surface area contributed by atoms with Crippen molar-refractivity contribution in [2.45, 2.75) is 13.0 Å². The number of hydrogen-bond donors (Lipinski definition) is 2. The zero-order chi connectivity index (χ0) is 15.1. The fourth-order valence-electron chi connectivity index (χ4n) is 2.08.